The molecular formula is C23H29FN4O6. The van der Waals surface area contributed by atoms with E-state index in [0.717, 1.165) is 41.2 Å². The number of esters is 1. The molecule has 11 heteroatoms. The molecule has 3 N–H and O–H groups in total. The van der Waals surface area contributed by atoms with Crippen molar-refractivity contribution in [2.24, 2.45) is 11.7 Å². The van der Waals surface area contributed by atoms with Gasteiger partial charge in [0.1, 0.15) is 17.9 Å². The van der Waals surface area contributed by atoms with Crippen LogP contribution in [0.15, 0.2) is 24.3 Å². The highest BCUT2D eigenvalue weighted by atomic mass is 19.1. The Morgan fingerprint density at radius 1 is 1.21 bits per heavy atom. The van der Waals surface area contributed by atoms with Crippen molar-refractivity contribution in [3.63, 3.8) is 0 Å². The number of nitrogens with two attached hydrogens (primary N) is 1. The van der Waals surface area contributed by atoms with Crippen LogP contribution in [-0.2, 0) is 23.9 Å². The van der Waals surface area contributed by atoms with Crippen LogP contribution in [0.1, 0.15) is 45.4 Å². The van der Waals surface area contributed by atoms with E-state index in [1.807, 2.05) is 0 Å². The Hall–Kier alpha value is -3.50. The van der Waals surface area contributed by atoms with Crippen molar-refractivity contribution in [3.05, 3.63) is 30.1 Å². The van der Waals surface area contributed by atoms with Gasteiger partial charge in [-0.25, -0.2) is 9.18 Å². The third-order valence-electron chi connectivity index (χ3n) is 6.45. The molecule has 1 aliphatic heterocycles. The summed E-state index contributed by atoms with van der Waals surface area (Å²) in [4.78, 5) is 63.4. The fraction of sp³-hybridized carbons (Fsp3) is 0.522. The molecule has 1 aromatic carbocycles. The molecule has 1 saturated heterocycles. The number of anilines is 1. The van der Waals surface area contributed by atoms with Crippen molar-refractivity contribution in [2.45, 2.75) is 51.0 Å². The first kappa shape index (κ1) is 25.1. The van der Waals surface area contributed by atoms with Gasteiger partial charge in [-0.3, -0.25) is 24.1 Å². The number of rotatable bonds is 9. The summed E-state index contributed by atoms with van der Waals surface area (Å²) >= 11 is 0. The number of nitrogens with zero attached hydrogens (tertiary/aromatic N) is 2. The minimum Gasteiger partial charge on any atom is -0.454 e. The number of amides is 5. The van der Waals surface area contributed by atoms with Crippen LogP contribution in [0.5, 0.6) is 0 Å². The van der Waals surface area contributed by atoms with Crippen molar-refractivity contribution in [1.82, 2.24) is 10.2 Å². The second-order valence-electron chi connectivity index (χ2n) is 8.65. The van der Waals surface area contributed by atoms with Crippen LogP contribution in [0.25, 0.3) is 0 Å². The van der Waals surface area contributed by atoms with Gasteiger partial charge < -0.3 is 20.7 Å². The van der Waals surface area contributed by atoms with Crippen LogP contribution in [-0.4, -0.2) is 59.9 Å². The molecule has 1 aliphatic carbocycles. The molecule has 10 nitrogen and oxygen atoms in total. The van der Waals surface area contributed by atoms with Crippen LogP contribution in [0.3, 0.4) is 0 Å². The molecule has 1 heterocycles. The largest absolute Gasteiger partial charge is 0.454 e. The maximum atomic E-state index is 13.2. The number of halogens is 1. The number of urea groups is 1. The molecule has 0 radical (unpaired) electrons. The van der Waals surface area contributed by atoms with Gasteiger partial charge in [-0.2, -0.15) is 0 Å². The number of carbonyl (C=O) groups excluding carboxylic acids is 5. The molecule has 184 valence electrons. The van der Waals surface area contributed by atoms with Gasteiger partial charge in [0.05, 0.1) is 0 Å². The molecule has 1 aromatic rings. The van der Waals surface area contributed by atoms with Crippen molar-refractivity contribution in [1.29, 1.82) is 0 Å². The molecule has 3 rings (SSSR count). The number of imide groups is 1. The summed E-state index contributed by atoms with van der Waals surface area (Å²) in [5.74, 6) is -2.69. The third-order valence-corrected chi connectivity index (χ3v) is 6.45. The van der Waals surface area contributed by atoms with E-state index in [1.54, 1.807) is 0 Å². The highest BCUT2D eigenvalue weighted by Gasteiger charge is 2.52. The zero-order chi connectivity index (χ0) is 24.9. The number of hydrogen-bond acceptors (Lipinski definition) is 6. The van der Waals surface area contributed by atoms with E-state index < -0.39 is 54.2 Å². The minimum atomic E-state index is -0.979. The van der Waals surface area contributed by atoms with Gasteiger partial charge in [0.2, 0.25) is 5.91 Å². The van der Waals surface area contributed by atoms with Gasteiger partial charge in [0.25, 0.3) is 11.8 Å². The van der Waals surface area contributed by atoms with Gasteiger partial charge in [0, 0.05) is 18.7 Å². The number of hydrogen-bond donors (Lipinski definition) is 2. The zero-order valence-corrected chi connectivity index (χ0v) is 19.0. The predicted molar refractivity (Wildman–Crippen MR) is 119 cm³/mol. The van der Waals surface area contributed by atoms with Crippen LogP contribution in [0.4, 0.5) is 14.9 Å². The fourth-order valence-electron chi connectivity index (χ4n) is 4.37. The molecule has 2 fully saturated rings. The number of ether oxygens (including phenoxy) is 1. The average Bonchev–Trinajstić information content (AvgIpc) is 3.03. The quantitative estimate of drug-likeness (QED) is 0.409. The average molecular weight is 477 g/mol. The van der Waals surface area contributed by atoms with Gasteiger partial charge in [-0.05, 0) is 55.9 Å². The van der Waals surface area contributed by atoms with Gasteiger partial charge in [0.15, 0.2) is 6.61 Å². The van der Waals surface area contributed by atoms with Crippen molar-refractivity contribution >= 4 is 35.4 Å². The molecule has 1 spiro atoms. The first-order chi connectivity index (χ1) is 16.1. The van der Waals surface area contributed by atoms with Gasteiger partial charge in [-0.15, -0.1) is 0 Å². The molecule has 34 heavy (non-hydrogen) atoms. The minimum absolute atomic E-state index is 0.0916. The molecule has 0 unspecified atom stereocenters. The Balaban J connectivity index is 1.58. The lowest BCUT2D eigenvalue weighted by molar-refractivity contribution is -0.150. The lowest BCUT2D eigenvalue weighted by atomic mass is 9.75. The SMILES string of the molecule is CCC1CCC2(CC1)NC(=O)N(CC(=O)OCC(=O)N(CCC(N)=O)c1ccc(F)cc1)C2=O. The summed E-state index contributed by atoms with van der Waals surface area (Å²) in [7, 11) is 0. The van der Waals surface area contributed by atoms with E-state index in [4.69, 9.17) is 10.5 Å². The van der Waals surface area contributed by atoms with Crippen molar-refractivity contribution in [3.8, 4) is 0 Å². The monoisotopic (exact) mass is 476 g/mol. The first-order valence-corrected chi connectivity index (χ1v) is 11.3. The third kappa shape index (κ3) is 5.70. The standard InChI is InChI=1S/C23H29FN4O6/c1-2-15-7-10-23(11-8-15)21(32)28(22(33)26-23)13-20(31)34-14-19(30)27(12-9-18(25)29)17-5-3-16(24)4-6-17/h3-6,15H,2,7-14H2,1H3,(H2,25,29)(H,26,33). The van der Waals surface area contributed by atoms with Crippen molar-refractivity contribution in [2.75, 3.05) is 24.6 Å². The number of nitrogens with one attached hydrogen (secondary N) is 1. The lowest BCUT2D eigenvalue weighted by Gasteiger charge is -2.34. The Labute approximate surface area is 196 Å². The molecule has 0 bridgehead atoms. The molecule has 5 amide bonds. The van der Waals surface area contributed by atoms with Crippen LogP contribution in [0, 0.1) is 11.7 Å². The van der Waals surface area contributed by atoms with Gasteiger partial charge in [-0.1, -0.05) is 13.3 Å². The maximum Gasteiger partial charge on any atom is 0.326 e. The Morgan fingerprint density at radius 2 is 1.85 bits per heavy atom. The topological polar surface area (TPSA) is 139 Å². The van der Waals surface area contributed by atoms with Gasteiger partial charge >= 0.3 is 12.0 Å². The lowest BCUT2D eigenvalue weighted by Crippen LogP contribution is -2.49. The van der Waals surface area contributed by atoms with E-state index in [2.05, 4.69) is 12.2 Å². The van der Waals surface area contributed by atoms with E-state index >= 15 is 0 Å². The second kappa shape index (κ2) is 10.6. The highest BCUT2D eigenvalue weighted by Crippen LogP contribution is 2.37. The normalized spacial score (nSPS) is 21.9. The molecule has 0 aromatic heterocycles. The van der Waals surface area contributed by atoms with Crippen LogP contribution in [0.2, 0.25) is 0 Å². The van der Waals surface area contributed by atoms with E-state index in [1.165, 1.54) is 12.1 Å². The second-order valence-corrected chi connectivity index (χ2v) is 8.65. The van der Waals surface area contributed by atoms with E-state index in [-0.39, 0.29) is 13.0 Å². The summed E-state index contributed by atoms with van der Waals surface area (Å²) < 4.78 is 18.2. The summed E-state index contributed by atoms with van der Waals surface area (Å²) in [5, 5.41) is 2.74. The van der Waals surface area contributed by atoms with E-state index in [9.17, 15) is 28.4 Å². The molecular weight excluding hydrogens is 447 g/mol. The summed E-state index contributed by atoms with van der Waals surface area (Å²) in [5.41, 5.74) is 4.47. The van der Waals surface area contributed by atoms with Crippen molar-refractivity contribution < 1.29 is 33.1 Å². The predicted octanol–water partition coefficient (Wildman–Crippen LogP) is 1.47. The zero-order valence-electron chi connectivity index (χ0n) is 19.0. The van der Waals surface area contributed by atoms with E-state index in [0.29, 0.717) is 24.4 Å². The molecule has 1 saturated carbocycles. The Kier molecular flexibility index (Phi) is 7.85. The Bertz CT molecular complexity index is 959. The number of carbonyl (C=O) groups is 5. The first-order valence-electron chi connectivity index (χ1n) is 11.3. The Morgan fingerprint density at radius 3 is 2.44 bits per heavy atom. The molecule has 0 atom stereocenters. The number of primary amides is 1. The summed E-state index contributed by atoms with van der Waals surface area (Å²) in [6, 6.07) is 4.32. The fourth-order valence-corrected chi connectivity index (χ4v) is 4.37. The summed E-state index contributed by atoms with van der Waals surface area (Å²) in [6.45, 7) is 0.689. The number of benzene rings is 1. The maximum absolute atomic E-state index is 13.2. The highest BCUT2D eigenvalue weighted by molar-refractivity contribution is 6.08. The van der Waals surface area contributed by atoms with Crippen LogP contribution < -0.4 is 16.0 Å². The van der Waals surface area contributed by atoms with Crippen LogP contribution >= 0.6 is 0 Å². The molecule has 2 aliphatic rings. The smallest absolute Gasteiger partial charge is 0.326 e. The summed E-state index contributed by atoms with van der Waals surface area (Å²) in [6.07, 6.45) is 3.54.